The first-order chi connectivity index (χ1) is 5.29. The van der Waals surface area contributed by atoms with Gasteiger partial charge in [0.2, 0.25) is 0 Å². The van der Waals surface area contributed by atoms with Crippen LogP contribution in [0.15, 0.2) is 18.2 Å². The van der Waals surface area contributed by atoms with Crippen molar-refractivity contribution in [2.75, 3.05) is 0 Å². The second kappa shape index (κ2) is 2.53. The van der Waals surface area contributed by atoms with Crippen molar-refractivity contribution in [3.05, 3.63) is 34.3 Å². The van der Waals surface area contributed by atoms with Crippen LogP contribution in [0.5, 0.6) is 0 Å². The molecular weight excluding hydrogens is 156 g/mol. The van der Waals surface area contributed by atoms with Gasteiger partial charge in [0.1, 0.15) is 0 Å². The molecule has 2 rings (SSSR count). The minimum atomic E-state index is 0.814. The molecule has 0 aliphatic heterocycles. The van der Waals surface area contributed by atoms with Gasteiger partial charge in [-0.1, -0.05) is 23.7 Å². The van der Waals surface area contributed by atoms with Crippen molar-refractivity contribution in [1.82, 2.24) is 0 Å². The Kier molecular flexibility index (Phi) is 1.65. The zero-order valence-corrected chi connectivity index (χ0v) is 7.36. The highest BCUT2D eigenvalue weighted by molar-refractivity contribution is 6.31. The normalized spacial score (nSPS) is 16.9. The highest BCUT2D eigenvalue weighted by Crippen LogP contribution is 2.42. The number of benzene rings is 1. The maximum absolute atomic E-state index is 5.99. The van der Waals surface area contributed by atoms with Crippen molar-refractivity contribution in [2.45, 2.75) is 25.7 Å². The first-order valence-corrected chi connectivity index (χ1v) is 4.42. The Morgan fingerprint density at radius 3 is 2.73 bits per heavy atom. The van der Waals surface area contributed by atoms with Gasteiger partial charge < -0.3 is 0 Å². The molecule has 0 aromatic heterocycles. The van der Waals surface area contributed by atoms with Crippen LogP contribution in [0.3, 0.4) is 0 Å². The van der Waals surface area contributed by atoms with Gasteiger partial charge >= 0.3 is 0 Å². The standard InChI is InChI=1S/C10H11Cl/c1-7-9(8-5-6-8)3-2-4-10(7)11/h2-4,8H,5-6H2,1H3. The molecule has 1 aliphatic rings. The Hall–Kier alpha value is -0.490. The predicted octanol–water partition coefficient (Wildman–Crippen LogP) is 3.53. The molecule has 0 heterocycles. The number of halogens is 1. The molecule has 1 aliphatic carbocycles. The second-order valence-electron chi connectivity index (χ2n) is 3.23. The average Bonchev–Trinajstić information content (AvgIpc) is 2.77. The van der Waals surface area contributed by atoms with Crippen molar-refractivity contribution in [1.29, 1.82) is 0 Å². The fraction of sp³-hybridized carbons (Fsp3) is 0.400. The molecule has 1 fully saturated rings. The summed E-state index contributed by atoms with van der Waals surface area (Å²) in [5.74, 6) is 0.814. The summed E-state index contributed by atoms with van der Waals surface area (Å²) in [7, 11) is 0. The summed E-state index contributed by atoms with van der Waals surface area (Å²) < 4.78 is 0. The van der Waals surface area contributed by atoms with E-state index < -0.39 is 0 Å². The van der Waals surface area contributed by atoms with Crippen molar-refractivity contribution >= 4 is 11.6 Å². The van der Waals surface area contributed by atoms with Gasteiger partial charge in [0, 0.05) is 5.02 Å². The smallest absolute Gasteiger partial charge is 0.0438 e. The zero-order valence-electron chi connectivity index (χ0n) is 6.60. The van der Waals surface area contributed by atoms with Gasteiger partial charge in [0.25, 0.3) is 0 Å². The topological polar surface area (TPSA) is 0 Å². The quantitative estimate of drug-likeness (QED) is 0.599. The minimum Gasteiger partial charge on any atom is -0.0840 e. The van der Waals surface area contributed by atoms with E-state index >= 15 is 0 Å². The van der Waals surface area contributed by atoms with E-state index in [-0.39, 0.29) is 0 Å². The van der Waals surface area contributed by atoms with E-state index in [1.165, 1.54) is 24.0 Å². The van der Waals surface area contributed by atoms with Gasteiger partial charge in [0.15, 0.2) is 0 Å². The molecule has 0 nitrogen and oxygen atoms in total. The summed E-state index contributed by atoms with van der Waals surface area (Å²) in [4.78, 5) is 0. The number of rotatable bonds is 1. The number of hydrogen-bond acceptors (Lipinski definition) is 0. The second-order valence-corrected chi connectivity index (χ2v) is 3.64. The Labute approximate surface area is 72.2 Å². The molecule has 1 heteroatoms. The summed E-state index contributed by atoms with van der Waals surface area (Å²) in [5.41, 5.74) is 2.73. The van der Waals surface area contributed by atoms with Crippen molar-refractivity contribution in [2.24, 2.45) is 0 Å². The highest BCUT2D eigenvalue weighted by Gasteiger charge is 2.25. The summed E-state index contributed by atoms with van der Waals surface area (Å²) in [6, 6.07) is 6.20. The minimum absolute atomic E-state index is 0.814. The van der Waals surface area contributed by atoms with E-state index in [4.69, 9.17) is 11.6 Å². The van der Waals surface area contributed by atoms with E-state index in [1.807, 2.05) is 12.1 Å². The third-order valence-corrected chi connectivity index (χ3v) is 2.74. The van der Waals surface area contributed by atoms with E-state index in [0.717, 1.165) is 10.9 Å². The molecule has 0 N–H and O–H groups in total. The molecule has 0 spiro atoms. The Morgan fingerprint density at radius 1 is 1.36 bits per heavy atom. The Morgan fingerprint density at radius 2 is 2.09 bits per heavy atom. The predicted molar refractivity (Wildman–Crippen MR) is 48.2 cm³/mol. The molecule has 0 unspecified atom stereocenters. The van der Waals surface area contributed by atoms with Crippen LogP contribution in [0.1, 0.15) is 29.9 Å². The summed E-state index contributed by atoms with van der Waals surface area (Å²) in [6.45, 7) is 2.11. The molecule has 1 aromatic rings. The first kappa shape index (κ1) is 7.17. The fourth-order valence-electron chi connectivity index (χ4n) is 1.46. The van der Waals surface area contributed by atoms with Gasteiger partial charge in [-0.2, -0.15) is 0 Å². The molecule has 1 aromatic carbocycles. The van der Waals surface area contributed by atoms with E-state index in [2.05, 4.69) is 13.0 Å². The van der Waals surface area contributed by atoms with Gasteiger partial charge in [0.05, 0.1) is 0 Å². The van der Waals surface area contributed by atoms with E-state index in [9.17, 15) is 0 Å². The molecule has 0 atom stereocenters. The lowest BCUT2D eigenvalue weighted by Crippen LogP contribution is -1.85. The summed E-state index contributed by atoms with van der Waals surface area (Å²) in [5, 5.41) is 0.911. The molecule has 0 bridgehead atoms. The van der Waals surface area contributed by atoms with E-state index in [1.54, 1.807) is 0 Å². The Balaban J connectivity index is 2.45. The summed E-state index contributed by atoms with van der Waals surface area (Å²) >= 11 is 5.99. The number of hydrogen-bond donors (Lipinski definition) is 0. The maximum atomic E-state index is 5.99. The molecule has 58 valence electrons. The summed E-state index contributed by atoms with van der Waals surface area (Å²) in [6.07, 6.45) is 2.70. The van der Waals surface area contributed by atoms with Crippen molar-refractivity contribution in [3.63, 3.8) is 0 Å². The lowest BCUT2D eigenvalue weighted by atomic mass is 10.1. The highest BCUT2D eigenvalue weighted by atomic mass is 35.5. The fourth-order valence-corrected chi connectivity index (χ4v) is 1.64. The average molecular weight is 167 g/mol. The third-order valence-electron chi connectivity index (χ3n) is 2.33. The third kappa shape index (κ3) is 1.28. The van der Waals surface area contributed by atoms with Gasteiger partial charge in [-0.15, -0.1) is 0 Å². The van der Waals surface area contributed by atoms with Crippen LogP contribution in [-0.4, -0.2) is 0 Å². The molecule has 11 heavy (non-hydrogen) atoms. The largest absolute Gasteiger partial charge is 0.0840 e. The Bertz CT molecular complexity index is 274. The van der Waals surface area contributed by atoms with E-state index in [0.29, 0.717) is 0 Å². The van der Waals surface area contributed by atoms with Crippen molar-refractivity contribution < 1.29 is 0 Å². The van der Waals surface area contributed by atoms with Crippen LogP contribution < -0.4 is 0 Å². The molecule has 0 amide bonds. The van der Waals surface area contributed by atoms with Gasteiger partial charge in [-0.3, -0.25) is 0 Å². The van der Waals surface area contributed by atoms with Crippen LogP contribution in [0.2, 0.25) is 5.02 Å². The maximum Gasteiger partial charge on any atom is 0.0438 e. The van der Waals surface area contributed by atoms with Crippen LogP contribution in [-0.2, 0) is 0 Å². The lowest BCUT2D eigenvalue weighted by Gasteiger charge is -2.04. The SMILES string of the molecule is Cc1c(Cl)cccc1C1CC1. The molecule has 0 radical (unpaired) electrons. The van der Waals surface area contributed by atoms with Gasteiger partial charge in [-0.25, -0.2) is 0 Å². The van der Waals surface area contributed by atoms with Crippen LogP contribution in [0.4, 0.5) is 0 Å². The molecule has 0 saturated heterocycles. The van der Waals surface area contributed by atoms with Crippen LogP contribution >= 0.6 is 11.6 Å². The first-order valence-electron chi connectivity index (χ1n) is 4.04. The molecular formula is C10H11Cl. The van der Waals surface area contributed by atoms with Crippen LogP contribution in [0, 0.1) is 6.92 Å². The van der Waals surface area contributed by atoms with Gasteiger partial charge in [-0.05, 0) is 42.9 Å². The molecule has 1 saturated carbocycles. The van der Waals surface area contributed by atoms with Crippen LogP contribution in [0.25, 0.3) is 0 Å². The zero-order chi connectivity index (χ0) is 7.84. The lowest BCUT2D eigenvalue weighted by molar-refractivity contribution is 1.10. The van der Waals surface area contributed by atoms with Crippen molar-refractivity contribution in [3.8, 4) is 0 Å². The monoisotopic (exact) mass is 166 g/mol.